The highest BCUT2D eigenvalue weighted by Crippen LogP contribution is 2.26. The fourth-order valence-corrected chi connectivity index (χ4v) is 4.56. The number of para-hydroxylation sites is 1. The molecule has 1 unspecified atom stereocenters. The highest BCUT2D eigenvalue weighted by Gasteiger charge is 2.20. The summed E-state index contributed by atoms with van der Waals surface area (Å²) in [4.78, 5) is 27.2. The van der Waals surface area contributed by atoms with Gasteiger partial charge in [0.1, 0.15) is 12.4 Å². The second-order valence-electron chi connectivity index (χ2n) is 9.91. The molecule has 38 heavy (non-hydrogen) atoms. The zero-order valence-electron chi connectivity index (χ0n) is 22.9. The van der Waals surface area contributed by atoms with E-state index in [4.69, 9.17) is 4.74 Å². The van der Waals surface area contributed by atoms with Crippen LogP contribution in [0.1, 0.15) is 73.6 Å². The number of nitrogens with one attached hydrogen (secondary N) is 1. The zero-order valence-corrected chi connectivity index (χ0v) is 22.9. The van der Waals surface area contributed by atoms with Gasteiger partial charge in [-0.15, -0.1) is 0 Å². The molecule has 0 heterocycles. The number of rotatable bonds is 14. The van der Waals surface area contributed by atoms with Crippen molar-refractivity contribution in [3.63, 3.8) is 0 Å². The Labute approximate surface area is 226 Å². The number of benzene rings is 3. The van der Waals surface area contributed by atoms with Gasteiger partial charge in [-0.25, -0.2) is 0 Å². The first-order valence-corrected chi connectivity index (χ1v) is 13.5. The summed E-state index contributed by atoms with van der Waals surface area (Å²) in [5, 5.41) is 12.5. The van der Waals surface area contributed by atoms with E-state index in [2.05, 4.69) is 62.2 Å². The maximum atomic E-state index is 13.7. The Balaban J connectivity index is 1.85. The summed E-state index contributed by atoms with van der Waals surface area (Å²) >= 11 is 0. The average Bonchev–Trinajstić information content (AvgIpc) is 2.92. The molecule has 0 saturated heterocycles. The van der Waals surface area contributed by atoms with Crippen molar-refractivity contribution in [3.05, 3.63) is 95.1 Å². The van der Waals surface area contributed by atoms with E-state index >= 15 is 0 Å². The molecular weight excluding hydrogens is 476 g/mol. The minimum Gasteiger partial charge on any atom is -0.489 e. The van der Waals surface area contributed by atoms with E-state index in [1.165, 1.54) is 0 Å². The van der Waals surface area contributed by atoms with Gasteiger partial charge in [-0.3, -0.25) is 9.59 Å². The molecule has 0 fully saturated rings. The minimum absolute atomic E-state index is 0.0393. The van der Waals surface area contributed by atoms with Crippen LogP contribution >= 0.6 is 0 Å². The number of aryl methyl sites for hydroxylation is 1. The summed E-state index contributed by atoms with van der Waals surface area (Å²) in [6.45, 7) is 10.7. The zero-order chi connectivity index (χ0) is 27.5. The van der Waals surface area contributed by atoms with E-state index in [1.807, 2.05) is 48.5 Å². The van der Waals surface area contributed by atoms with E-state index in [1.54, 1.807) is 0 Å². The van der Waals surface area contributed by atoms with Gasteiger partial charge in [-0.2, -0.15) is 0 Å². The van der Waals surface area contributed by atoms with E-state index in [9.17, 15) is 14.7 Å². The van der Waals surface area contributed by atoms with Crippen molar-refractivity contribution in [1.29, 1.82) is 0 Å². The molecule has 0 saturated carbocycles. The number of carbonyl (C=O) groups is 2. The van der Waals surface area contributed by atoms with Crippen molar-refractivity contribution in [3.8, 4) is 5.75 Å². The van der Waals surface area contributed by atoms with E-state index < -0.39 is 5.97 Å². The maximum absolute atomic E-state index is 13.7. The van der Waals surface area contributed by atoms with Crippen molar-refractivity contribution in [2.24, 2.45) is 5.92 Å². The van der Waals surface area contributed by atoms with Crippen molar-refractivity contribution in [2.75, 3.05) is 18.0 Å². The van der Waals surface area contributed by atoms with Crippen LogP contribution in [-0.4, -0.2) is 30.1 Å². The first-order chi connectivity index (χ1) is 18.3. The Morgan fingerprint density at radius 1 is 0.947 bits per heavy atom. The summed E-state index contributed by atoms with van der Waals surface area (Å²) in [7, 11) is 0. The van der Waals surface area contributed by atoms with Crippen LogP contribution in [0.4, 0.5) is 5.69 Å². The summed E-state index contributed by atoms with van der Waals surface area (Å²) < 4.78 is 5.89. The molecule has 2 N–H and O–H groups in total. The van der Waals surface area contributed by atoms with Gasteiger partial charge in [-0.1, -0.05) is 56.3 Å². The van der Waals surface area contributed by atoms with Crippen molar-refractivity contribution < 1.29 is 19.4 Å². The minimum atomic E-state index is -0.890. The highest BCUT2D eigenvalue weighted by atomic mass is 16.5. The van der Waals surface area contributed by atoms with Gasteiger partial charge in [0.15, 0.2) is 0 Å². The second kappa shape index (κ2) is 14.2. The number of carbonyl (C=O) groups excluding carboxylic acids is 1. The molecule has 1 amide bonds. The van der Waals surface area contributed by atoms with Gasteiger partial charge in [0.25, 0.3) is 5.91 Å². The lowest BCUT2D eigenvalue weighted by Crippen LogP contribution is -2.30. The van der Waals surface area contributed by atoms with Crippen LogP contribution < -0.4 is 15.0 Å². The number of carboxylic acids is 1. The molecule has 0 aliphatic rings. The summed E-state index contributed by atoms with van der Waals surface area (Å²) in [6, 6.07) is 23.3. The Kier molecular flexibility index (Phi) is 10.8. The second-order valence-corrected chi connectivity index (χ2v) is 9.91. The van der Waals surface area contributed by atoms with Gasteiger partial charge in [0.2, 0.25) is 0 Å². The number of carboxylic acid groups (broad SMARTS) is 1. The van der Waals surface area contributed by atoms with Crippen LogP contribution in [0.25, 0.3) is 0 Å². The van der Waals surface area contributed by atoms with Gasteiger partial charge in [-0.05, 0) is 79.6 Å². The largest absolute Gasteiger partial charge is 0.489 e. The van der Waals surface area contributed by atoms with Gasteiger partial charge in [0, 0.05) is 30.8 Å². The SMILES string of the molecule is CCN(CC)c1ccc(C(CC(C)C)NC(=O)c2cc(COc3ccccc3)ccc2CCC(=O)O)cc1. The molecule has 3 rings (SSSR count). The lowest BCUT2D eigenvalue weighted by molar-refractivity contribution is -0.136. The first kappa shape index (κ1) is 28.8. The quantitative estimate of drug-likeness (QED) is 0.251. The fourth-order valence-electron chi connectivity index (χ4n) is 4.56. The van der Waals surface area contributed by atoms with E-state index in [0.717, 1.165) is 42.1 Å². The third-order valence-electron chi connectivity index (χ3n) is 6.61. The van der Waals surface area contributed by atoms with Crippen LogP contribution in [0.15, 0.2) is 72.8 Å². The smallest absolute Gasteiger partial charge is 0.303 e. The number of anilines is 1. The number of ether oxygens (including phenoxy) is 1. The molecule has 6 nitrogen and oxygen atoms in total. The molecular formula is C32H40N2O4. The summed E-state index contributed by atoms with van der Waals surface area (Å²) in [5.74, 6) is 0.0303. The predicted molar refractivity (Wildman–Crippen MR) is 153 cm³/mol. The molecule has 0 spiro atoms. The van der Waals surface area contributed by atoms with E-state index in [-0.39, 0.29) is 24.8 Å². The third kappa shape index (κ3) is 8.37. The normalized spacial score (nSPS) is 11.7. The maximum Gasteiger partial charge on any atom is 0.303 e. The number of hydrogen-bond donors (Lipinski definition) is 2. The van der Waals surface area contributed by atoms with Crippen LogP contribution in [0.3, 0.4) is 0 Å². The molecule has 6 heteroatoms. The predicted octanol–water partition coefficient (Wildman–Crippen LogP) is 6.65. The molecule has 0 aliphatic heterocycles. The molecule has 1 atom stereocenters. The Morgan fingerprint density at radius 3 is 2.24 bits per heavy atom. The Bertz CT molecular complexity index is 1170. The van der Waals surface area contributed by atoms with Crippen molar-refractivity contribution >= 4 is 17.6 Å². The third-order valence-corrected chi connectivity index (χ3v) is 6.61. The lowest BCUT2D eigenvalue weighted by Gasteiger charge is -2.24. The van der Waals surface area contributed by atoms with Crippen LogP contribution in [-0.2, 0) is 17.8 Å². The summed E-state index contributed by atoms with van der Waals surface area (Å²) in [5.41, 5.74) is 4.28. The number of nitrogens with zero attached hydrogens (tertiary/aromatic N) is 1. The van der Waals surface area contributed by atoms with Crippen LogP contribution in [0.2, 0.25) is 0 Å². The first-order valence-electron chi connectivity index (χ1n) is 13.5. The summed E-state index contributed by atoms with van der Waals surface area (Å²) in [6.07, 6.45) is 1.03. The Hall–Kier alpha value is -3.80. The molecule has 3 aromatic rings. The number of aliphatic carboxylic acids is 1. The van der Waals surface area contributed by atoms with Gasteiger partial charge < -0.3 is 20.1 Å². The van der Waals surface area contributed by atoms with Crippen molar-refractivity contribution in [2.45, 2.75) is 59.6 Å². The standard InChI is InChI=1S/C32H40N2O4/c1-5-34(6-2)27-17-14-26(15-18-27)30(20-23(3)4)33-32(37)29-21-24(12-13-25(29)16-19-31(35)36)22-38-28-10-8-7-9-11-28/h7-15,17-18,21,23,30H,5-6,16,19-20,22H2,1-4H3,(H,33,37)(H,35,36). The molecule has 202 valence electrons. The highest BCUT2D eigenvalue weighted by molar-refractivity contribution is 5.96. The Morgan fingerprint density at radius 2 is 1.63 bits per heavy atom. The molecule has 0 aliphatic carbocycles. The van der Waals surface area contributed by atoms with Crippen LogP contribution in [0.5, 0.6) is 5.75 Å². The lowest BCUT2D eigenvalue weighted by atomic mass is 9.95. The molecule has 0 aromatic heterocycles. The van der Waals surface area contributed by atoms with Crippen molar-refractivity contribution in [1.82, 2.24) is 5.32 Å². The monoisotopic (exact) mass is 516 g/mol. The van der Waals surface area contributed by atoms with Crippen LogP contribution in [0, 0.1) is 5.92 Å². The fraction of sp³-hybridized carbons (Fsp3) is 0.375. The molecule has 3 aromatic carbocycles. The van der Waals surface area contributed by atoms with Gasteiger partial charge in [0.05, 0.1) is 6.04 Å². The van der Waals surface area contributed by atoms with Gasteiger partial charge >= 0.3 is 5.97 Å². The molecule has 0 bridgehead atoms. The number of hydrogen-bond acceptors (Lipinski definition) is 4. The topological polar surface area (TPSA) is 78.9 Å². The molecule has 0 radical (unpaired) electrons. The number of amides is 1. The van der Waals surface area contributed by atoms with E-state index in [0.29, 0.717) is 23.7 Å². The average molecular weight is 517 g/mol.